The van der Waals surface area contributed by atoms with Crippen LogP contribution in [-0.4, -0.2) is 34.0 Å². The molecule has 0 aromatic carbocycles. The van der Waals surface area contributed by atoms with Gasteiger partial charge in [-0.15, -0.1) is 0 Å². The first-order valence-corrected chi connectivity index (χ1v) is 6.36. The summed E-state index contributed by atoms with van der Waals surface area (Å²) >= 11 is 0. The number of hydrogen-bond acceptors (Lipinski definition) is 5. The average Bonchev–Trinajstić information content (AvgIpc) is 2.69. The van der Waals surface area contributed by atoms with Crippen LogP contribution in [0.2, 0.25) is 0 Å². The largest absolute Gasteiger partial charge is 0.382 e. The summed E-state index contributed by atoms with van der Waals surface area (Å²) in [6, 6.07) is 1.32. The van der Waals surface area contributed by atoms with Gasteiger partial charge in [0.1, 0.15) is 0 Å². The first kappa shape index (κ1) is 11.4. The molecule has 0 saturated carbocycles. The molecule has 1 amide bonds. The van der Waals surface area contributed by atoms with Crippen LogP contribution in [0.5, 0.6) is 0 Å². The van der Waals surface area contributed by atoms with E-state index in [-0.39, 0.29) is 23.5 Å². The van der Waals surface area contributed by atoms with Crippen molar-refractivity contribution in [2.24, 2.45) is 0 Å². The topological polar surface area (TPSA) is 92.9 Å². The SMILES string of the molecule is Nc1nccnc1C(=O)NC1CC2CCC(C1)N2. The first-order valence-electron chi connectivity index (χ1n) is 6.36. The molecule has 0 radical (unpaired) electrons. The van der Waals surface area contributed by atoms with E-state index in [2.05, 4.69) is 20.6 Å². The maximum Gasteiger partial charge on any atom is 0.273 e. The number of nitrogens with one attached hydrogen (secondary N) is 2. The Hall–Kier alpha value is -1.69. The van der Waals surface area contributed by atoms with Crippen LogP contribution in [0.25, 0.3) is 0 Å². The monoisotopic (exact) mass is 247 g/mol. The standard InChI is InChI=1S/C12H17N5O/c13-11-10(14-3-4-15-11)12(18)17-9-5-7-1-2-8(6-9)16-7/h3-4,7-9,16H,1-2,5-6H2,(H2,13,15)(H,17,18). The smallest absolute Gasteiger partial charge is 0.273 e. The Morgan fingerprint density at radius 1 is 1.28 bits per heavy atom. The third kappa shape index (κ3) is 2.15. The number of piperidine rings is 1. The van der Waals surface area contributed by atoms with Crippen molar-refractivity contribution in [3.8, 4) is 0 Å². The number of carbonyl (C=O) groups excluding carboxylic acids is 1. The van der Waals surface area contributed by atoms with Crippen LogP contribution in [0.15, 0.2) is 12.4 Å². The van der Waals surface area contributed by atoms with Crippen LogP contribution in [0.4, 0.5) is 5.82 Å². The quantitative estimate of drug-likeness (QED) is 0.688. The van der Waals surface area contributed by atoms with Crippen molar-refractivity contribution in [2.45, 2.75) is 43.8 Å². The number of nitrogens with two attached hydrogens (primary N) is 1. The van der Waals surface area contributed by atoms with Crippen LogP contribution >= 0.6 is 0 Å². The molecule has 1 aromatic rings. The molecule has 6 nitrogen and oxygen atoms in total. The Kier molecular flexibility index (Phi) is 2.87. The number of fused-ring (bicyclic) bond motifs is 2. The van der Waals surface area contributed by atoms with Gasteiger partial charge >= 0.3 is 0 Å². The third-order valence-corrected chi connectivity index (χ3v) is 3.75. The Morgan fingerprint density at radius 2 is 1.94 bits per heavy atom. The summed E-state index contributed by atoms with van der Waals surface area (Å²) in [5.41, 5.74) is 5.87. The van der Waals surface area contributed by atoms with Gasteiger partial charge in [-0.1, -0.05) is 0 Å². The molecular formula is C12H17N5O. The Balaban J connectivity index is 1.66. The van der Waals surface area contributed by atoms with Crippen molar-refractivity contribution in [3.63, 3.8) is 0 Å². The van der Waals surface area contributed by atoms with E-state index in [4.69, 9.17) is 5.73 Å². The average molecular weight is 247 g/mol. The van der Waals surface area contributed by atoms with E-state index in [0.29, 0.717) is 12.1 Å². The lowest BCUT2D eigenvalue weighted by molar-refractivity contribution is 0.0919. The predicted molar refractivity (Wildman–Crippen MR) is 66.9 cm³/mol. The Labute approximate surface area is 105 Å². The Morgan fingerprint density at radius 3 is 2.61 bits per heavy atom. The predicted octanol–water partition coefficient (Wildman–Crippen LogP) is 0.0716. The van der Waals surface area contributed by atoms with Gasteiger partial charge in [0.05, 0.1) is 0 Å². The van der Waals surface area contributed by atoms with Gasteiger partial charge in [0.25, 0.3) is 5.91 Å². The summed E-state index contributed by atoms with van der Waals surface area (Å²) < 4.78 is 0. The Bertz CT molecular complexity index is 452. The van der Waals surface area contributed by atoms with Gasteiger partial charge in [-0.2, -0.15) is 0 Å². The number of anilines is 1. The molecule has 2 bridgehead atoms. The maximum absolute atomic E-state index is 12.1. The third-order valence-electron chi connectivity index (χ3n) is 3.75. The van der Waals surface area contributed by atoms with Crippen LogP contribution in [-0.2, 0) is 0 Å². The zero-order valence-electron chi connectivity index (χ0n) is 10.1. The second-order valence-electron chi connectivity index (χ2n) is 5.07. The molecule has 18 heavy (non-hydrogen) atoms. The fraction of sp³-hybridized carbons (Fsp3) is 0.583. The van der Waals surface area contributed by atoms with Crippen LogP contribution in [0, 0.1) is 0 Å². The van der Waals surface area contributed by atoms with Gasteiger partial charge in [0.15, 0.2) is 11.5 Å². The normalized spacial score (nSPS) is 30.1. The van der Waals surface area contributed by atoms with E-state index in [9.17, 15) is 4.79 Å². The second-order valence-corrected chi connectivity index (χ2v) is 5.07. The van der Waals surface area contributed by atoms with E-state index >= 15 is 0 Å². The summed E-state index contributed by atoms with van der Waals surface area (Å²) in [4.78, 5) is 19.9. The van der Waals surface area contributed by atoms with Crippen LogP contribution in [0.1, 0.15) is 36.2 Å². The number of nitrogen functional groups attached to an aromatic ring is 1. The number of aromatic nitrogens is 2. The molecule has 96 valence electrons. The molecule has 0 spiro atoms. The summed E-state index contributed by atoms with van der Waals surface area (Å²) in [5, 5.41) is 6.56. The highest BCUT2D eigenvalue weighted by atomic mass is 16.2. The molecule has 2 saturated heterocycles. The lowest BCUT2D eigenvalue weighted by Crippen LogP contribution is -2.48. The van der Waals surface area contributed by atoms with E-state index in [1.165, 1.54) is 25.2 Å². The summed E-state index contributed by atoms with van der Waals surface area (Å²) in [7, 11) is 0. The zero-order valence-corrected chi connectivity index (χ0v) is 10.1. The van der Waals surface area contributed by atoms with Crippen molar-refractivity contribution >= 4 is 11.7 Å². The fourth-order valence-corrected chi connectivity index (χ4v) is 2.95. The van der Waals surface area contributed by atoms with Crippen LogP contribution < -0.4 is 16.4 Å². The molecule has 1 aromatic heterocycles. The van der Waals surface area contributed by atoms with Crippen LogP contribution in [0.3, 0.4) is 0 Å². The van der Waals surface area contributed by atoms with Gasteiger partial charge in [0, 0.05) is 30.5 Å². The molecule has 6 heteroatoms. The minimum Gasteiger partial charge on any atom is -0.382 e. The number of hydrogen-bond donors (Lipinski definition) is 3. The molecule has 2 fully saturated rings. The maximum atomic E-state index is 12.1. The number of nitrogens with zero attached hydrogens (tertiary/aromatic N) is 2. The zero-order chi connectivity index (χ0) is 12.5. The highest BCUT2D eigenvalue weighted by Crippen LogP contribution is 2.26. The molecule has 3 heterocycles. The van der Waals surface area contributed by atoms with Crippen molar-refractivity contribution in [1.29, 1.82) is 0 Å². The molecule has 2 aliphatic heterocycles. The lowest BCUT2D eigenvalue weighted by Gasteiger charge is -2.29. The summed E-state index contributed by atoms with van der Waals surface area (Å²) in [6.45, 7) is 0. The van der Waals surface area contributed by atoms with Gasteiger partial charge in [-0.05, 0) is 25.7 Å². The van der Waals surface area contributed by atoms with E-state index < -0.39 is 0 Å². The van der Waals surface area contributed by atoms with Gasteiger partial charge in [0.2, 0.25) is 0 Å². The van der Waals surface area contributed by atoms with Crippen molar-refractivity contribution < 1.29 is 4.79 Å². The summed E-state index contributed by atoms with van der Waals surface area (Å²) in [5.74, 6) is -0.0289. The summed E-state index contributed by atoms with van der Waals surface area (Å²) in [6.07, 6.45) is 7.37. The van der Waals surface area contributed by atoms with E-state index in [0.717, 1.165) is 12.8 Å². The molecule has 4 N–H and O–H groups in total. The number of rotatable bonds is 2. The number of carbonyl (C=O) groups is 1. The molecule has 2 aliphatic rings. The van der Waals surface area contributed by atoms with Gasteiger partial charge in [-0.25, -0.2) is 9.97 Å². The molecule has 0 aliphatic carbocycles. The van der Waals surface area contributed by atoms with Crippen molar-refractivity contribution in [3.05, 3.63) is 18.1 Å². The number of amides is 1. The van der Waals surface area contributed by atoms with Crippen molar-refractivity contribution in [2.75, 3.05) is 5.73 Å². The second kappa shape index (κ2) is 4.53. The molecule has 3 rings (SSSR count). The molecular weight excluding hydrogens is 230 g/mol. The fourth-order valence-electron chi connectivity index (χ4n) is 2.95. The minimum atomic E-state index is -0.216. The van der Waals surface area contributed by atoms with E-state index in [1.807, 2.05) is 0 Å². The van der Waals surface area contributed by atoms with Crippen molar-refractivity contribution in [1.82, 2.24) is 20.6 Å². The highest BCUT2D eigenvalue weighted by molar-refractivity contribution is 5.96. The first-order chi connectivity index (χ1) is 8.72. The molecule has 2 atom stereocenters. The van der Waals surface area contributed by atoms with Gasteiger partial charge < -0.3 is 16.4 Å². The molecule has 2 unspecified atom stereocenters. The van der Waals surface area contributed by atoms with E-state index in [1.54, 1.807) is 0 Å². The highest BCUT2D eigenvalue weighted by Gasteiger charge is 2.34. The van der Waals surface area contributed by atoms with Gasteiger partial charge in [-0.3, -0.25) is 4.79 Å². The minimum absolute atomic E-state index is 0.187. The lowest BCUT2D eigenvalue weighted by atomic mass is 10.00.